The molecular weight excluding hydrogens is 245 g/mol. The van der Waals surface area contributed by atoms with Gasteiger partial charge < -0.3 is 9.84 Å². The third kappa shape index (κ3) is 2.62. The van der Waals surface area contributed by atoms with Gasteiger partial charge in [-0.1, -0.05) is 0 Å². The number of benzene rings is 1. The Bertz CT molecular complexity index is 538. The molecule has 0 bridgehead atoms. The van der Waals surface area contributed by atoms with Gasteiger partial charge in [0.15, 0.2) is 5.78 Å². The summed E-state index contributed by atoms with van der Waals surface area (Å²) in [5, 5.41) is 20.2. The van der Waals surface area contributed by atoms with Crippen LogP contribution < -0.4 is 0 Å². The largest absolute Gasteiger partial charge is 0.480 e. The van der Waals surface area contributed by atoms with Gasteiger partial charge in [-0.05, 0) is 19.1 Å². The summed E-state index contributed by atoms with van der Waals surface area (Å²) < 4.78 is 17.4. The smallest absolute Gasteiger partial charge is 0.288 e. The summed E-state index contributed by atoms with van der Waals surface area (Å²) in [6.07, 6.45) is 0. The van der Waals surface area contributed by atoms with Gasteiger partial charge in [0.05, 0.1) is 23.7 Å². The lowest BCUT2D eigenvalue weighted by Crippen LogP contribution is -2.05. The summed E-state index contributed by atoms with van der Waals surface area (Å²) in [4.78, 5) is 21.3. The number of ether oxygens (including phenoxy) is 1. The molecule has 0 aliphatic carbocycles. The van der Waals surface area contributed by atoms with E-state index in [2.05, 4.69) is 4.74 Å². The summed E-state index contributed by atoms with van der Waals surface area (Å²) in [6.45, 7) is 1.11. The van der Waals surface area contributed by atoms with Crippen molar-refractivity contribution >= 4 is 17.0 Å². The number of halogens is 1. The molecule has 1 rings (SSSR count). The van der Waals surface area contributed by atoms with Crippen LogP contribution >= 0.6 is 0 Å². The minimum absolute atomic E-state index is 0.201. The Morgan fingerprint density at radius 1 is 1.50 bits per heavy atom. The van der Waals surface area contributed by atoms with Crippen molar-refractivity contribution in [2.45, 2.75) is 6.92 Å². The number of methoxy groups -OCH3 is 1. The first-order valence-corrected chi connectivity index (χ1v) is 4.81. The van der Waals surface area contributed by atoms with E-state index < -0.39 is 28.2 Å². The summed E-state index contributed by atoms with van der Waals surface area (Å²) in [7, 11) is 1.10. The number of nitrogens with zero attached hydrogens (tertiary/aromatic N) is 1. The fourth-order valence-electron chi connectivity index (χ4n) is 1.42. The molecule has 6 nitrogen and oxygen atoms in total. The van der Waals surface area contributed by atoms with Gasteiger partial charge >= 0.3 is 0 Å². The molecule has 0 amide bonds. The number of nitro groups is 1. The number of carbonyl (C=O) groups excluding carboxylic acids is 1. The van der Waals surface area contributed by atoms with Gasteiger partial charge in [0.2, 0.25) is 0 Å². The molecule has 0 spiro atoms. The van der Waals surface area contributed by atoms with Crippen molar-refractivity contribution in [3.8, 4) is 0 Å². The first-order valence-electron chi connectivity index (χ1n) is 4.81. The van der Waals surface area contributed by atoms with Crippen LogP contribution in [0.3, 0.4) is 0 Å². The van der Waals surface area contributed by atoms with Crippen molar-refractivity contribution in [2.75, 3.05) is 7.11 Å². The predicted molar refractivity (Wildman–Crippen MR) is 60.3 cm³/mol. The van der Waals surface area contributed by atoms with E-state index in [-0.39, 0.29) is 11.1 Å². The van der Waals surface area contributed by atoms with Crippen molar-refractivity contribution in [2.24, 2.45) is 0 Å². The first-order chi connectivity index (χ1) is 8.38. The Hall–Kier alpha value is -2.44. The fourth-order valence-corrected chi connectivity index (χ4v) is 1.42. The second-order valence-electron chi connectivity index (χ2n) is 3.36. The van der Waals surface area contributed by atoms with E-state index in [0.717, 1.165) is 26.2 Å². The van der Waals surface area contributed by atoms with Gasteiger partial charge in [-0.2, -0.15) is 0 Å². The normalized spacial score (nSPS) is 11.7. The predicted octanol–water partition coefficient (Wildman–Crippen LogP) is 2.20. The van der Waals surface area contributed by atoms with E-state index in [9.17, 15) is 24.4 Å². The molecule has 0 saturated carbocycles. The number of allylic oxidation sites excluding steroid dienone is 1. The zero-order valence-electron chi connectivity index (χ0n) is 9.64. The van der Waals surface area contributed by atoms with Gasteiger partial charge in [-0.15, -0.1) is 0 Å². The van der Waals surface area contributed by atoms with Crippen LogP contribution in [0.1, 0.15) is 12.5 Å². The van der Waals surface area contributed by atoms with Crippen LogP contribution in [0.4, 0.5) is 10.1 Å². The monoisotopic (exact) mass is 255 g/mol. The third-order valence-corrected chi connectivity index (χ3v) is 2.19. The van der Waals surface area contributed by atoms with E-state index in [1.165, 1.54) is 0 Å². The van der Waals surface area contributed by atoms with E-state index in [4.69, 9.17) is 0 Å². The Morgan fingerprint density at radius 2 is 2.11 bits per heavy atom. The average molecular weight is 255 g/mol. The number of Topliss-reactive ketones (excluding diaryl/α,β-unsaturated/α-hetero) is 1. The molecule has 0 aromatic heterocycles. The summed E-state index contributed by atoms with van der Waals surface area (Å²) in [5.74, 6) is -2.20. The van der Waals surface area contributed by atoms with Gasteiger partial charge in [0.1, 0.15) is 11.4 Å². The van der Waals surface area contributed by atoms with Crippen LogP contribution in [-0.2, 0) is 9.53 Å². The Kier molecular flexibility index (Phi) is 3.98. The summed E-state index contributed by atoms with van der Waals surface area (Å²) in [5.41, 5.74) is -1.19. The number of rotatable bonds is 4. The quantitative estimate of drug-likeness (QED) is 0.385. The van der Waals surface area contributed by atoms with E-state index in [0.29, 0.717) is 6.07 Å². The van der Waals surface area contributed by atoms with Crippen LogP contribution in [0.15, 0.2) is 24.1 Å². The molecule has 0 aliphatic rings. The highest BCUT2D eigenvalue weighted by Gasteiger charge is 2.24. The van der Waals surface area contributed by atoms with Gasteiger partial charge in [-0.25, -0.2) is 4.39 Å². The number of aliphatic hydroxyl groups is 1. The van der Waals surface area contributed by atoms with Gasteiger partial charge in [0.25, 0.3) is 11.6 Å². The second kappa shape index (κ2) is 5.26. The van der Waals surface area contributed by atoms with Crippen molar-refractivity contribution in [1.29, 1.82) is 0 Å². The Balaban J connectivity index is 3.57. The molecule has 7 heteroatoms. The Labute approximate surface area is 101 Å². The average Bonchev–Trinajstić information content (AvgIpc) is 2.30. The molecular formula is C11H10FNO5. The summed E-state index contributed by atoms with van der Waals surface area (Å²) >= 11 is 0. The van der Waals surface area contributed by atoms with Crippen LogP contribution in [-0.4, -0.2) is 22.9 Å². The maximum atomic E-state index is 13.0. The van der Waals surface area contributed by atoms with Crippen LogP contribution in [0.25, 0.3) is 5.57 Å². The van der Waals surface area contributed by atoms with Crippen molar-refractivity contribution in [3.63, 3.8) is 0 Å². The highest BCUT2D eigenvalue weighted by molar-refractivity contribution is 6.20. The van der Waals surface area contributed by atoms with E-state index >= 15 is 0 Å². The molecule has 0 heterocycles. The lowest BCUT2D eigenvalue weighted by atomic mass is 10.0. The molecule has 1 aromatic rings. The molecule has 1 N–H and O–H groups in total. The number of aliphatic hydroxyl groups excluding tert-OH is 1. The zero-order valence-corrected chi connectivity index (χ0v) is 9.64. The molecule has 0 saturated heterocycles. The minimum atomic E-state index is -0.843. The standard InChI is InChI=1S/C11H10FNO5/c1-6(14)10(11(15)18-2)8-4-3-7(12)5-9(8)13(16)17/h3-5,15H,1-2H3/b11-10-. The Morgan fingerprint density at radius 3 is 2.56 bits per heavy atom. The zero-order chi connectivity index (χ0) is 13.9. The topological polar surface area (TPSA) is 89.7 Å². The number of hydrogen-bond acceptors (Lipinski definition) is 5. The number of ketones is 1. The van der Waals surface area contributed by atoms with Crippen molar-refractivity contribution in [3.05, 3.63) is 45.6 Å². The number of hydrogen-bond donors (Lipinski definition) is 1. The highest BCUT2D eigenvalue weighted by atomic mass is 19.1. The molecule has 18 heavy (non-hydrogen) atoms. The number of carbonyl (C=O) groups is 1. The SMILES string of the molecule is CO/C(O)=C(/C(C)=O)c1ccc(F)cc1[N+](=O)[O-]. The highest BCUT2D eigenvalue weighted by Crippen LogP contribution is 2.29. The maximum Gasteiger partial charge on any atom is 0.288 e. The van der Waals surface area contributed by atoms with E-state index in [1.807, 2.05) is 0 Å². The van der Waals surface area contributed by atoms with Crippen molar-refractivity contribution < 1.29 is 24.0 Å². The van der Waals surface area contributed by atoms with Crippen LogP contribution in [0, 0.1) is 15.9 Å². The van der Waals surface area contributed by atoms with Gasteiger partial charge in [0, 0.05) is 0 Å². The minimum Gasteiger partial charge on any atom is -0.480 e. The molecule has 96 valence electrons. The van der Waals surface area contributed by atoms with Crippen LogP contribution in [0.5, 0.6) is 0 Å². The molecule has 0 unspecified atom stereocenters. The molecule has 0 atom stereocenters. The second-order valence-corrected chi connectivity index (χ2v) is 3.36. The molecule has 0 fully saturated rings. The number of nitro benzene ring substituents is 1. The molecule has 0 radical (unpaired) electrons. The van der Waals surface area contributed by atoms with Crippen LogP contribution in [0.2, 0.25) is 0 Å². The fraction of sp³-hybridized carbons (Fsp3) is 0.182. The molecule has 0 aliphatic heterocycles. The first kappa shape index (κ1) is 13.6. The third-order valence-electron chi connectivity index (χ3n) is 2.19. The van der Waals surface area contributed by atoms with E-state index in [1.54, 1.807) is 0 Å². The lowest BCUT2D eigenvalue weighted by Gasteiger charge is -2.07. The summed E-state index contributed by atoms with van der Waals surface area (Å²) in [6, 6.07) is 2.66. The maximum absolute atomic E-state index is 13.0. The van der Waals surface area contributed by atoms with Gasteiger partial charge in [-0.3, -0.25) is 14.9 Å². The molecule has 1 aromatic carbocycles. The van der Waals surface area contributed by atoms with Crippen molar-refractivity contribution in [1.82, 2.24) is 0 Å². The lowest BCUT2D eigenvalue weighted by molar-refractivity contribution is -0.385.